The van der Waals surface area contributed by atoms with E-state index in [-0.39, 0.29) is 6.10 Å². The van der Waals surface area contributed by atoms with Crippen molar-refractivity contribution in [1.82, 2.24) is 0 Å². The summed E-state index contributed by atoms with van der Waals surface area (Å²) in [6.45, 7) is 5.70. The van der Waals surface area contributed by atoms with Crippen molar-refractivity contribution in [2.45, 2.75) is 33.3 Å². The molecule has 0 spiro atoms. The van der Waals surface area contributed by atoms with E-state index in [1.54, 1.807) is 6.92 Å². The van der Waals surface area contributed by atoms with Crippen molar-refractivity contribution in [2.24, 2.45) is 5.92 Å². The van der Waals surface area contributed by atoms with Gasteiger partial charge in [0.2, 0.25) is 0 Å². The zero-order valence-corrected chi connectivity index (χ0v) is 8.62. The molecule has 0 aliphatic rings. The highest BCUT2D eigenvalue weighted by Gasteiger charge is 2.04. The lowest BCUT2D eigenvalue weighted by Gasteiger charge is -2.10. The number of aliphatic hydroxyl groups excluding tert-OH is 1. The molecule has 1 unspecified atom stereocenters. The van der Waals surface area contributed by atoms with Gasteiger partial charge in [-0.1, -0.05) is 25.2 Å². The highest BCUT2D eigenvalue weighted by atomic mass is 16.3. The smallest absolute Gasteiger partial charge is 0.0540 e. The quantitative estimate of drug-likeness (QED) is 0.497. The van der Waals surface area contributed by atoms with Gasteiger partial charge in [0, 0.05) is 6.21 Å². The van der Waals surface area contributed by atoms with Crippen LogP contribution < -0.4 is 0 Å². The minimum atomic E-state index is -0.252. The molecule has 0 aliphatic carbocycles. The molecule has 2 heteroatoms. The second-order valence-electron chi connectivity index (χ2n) is 3.44. The Morgan fingerprint density at radius 2 is 2.08 bits per heavy atom. The molecule has 74 valence electrons. The monoisotopic (exact) mass is 181 g/mol. The van der Waals surface area contributed by atoms with Crippen LogP contribution in [0.15, 0.2) is 23.8 Å². The predicted molar refractivity (Wildman–Crippen MR) is 57.1 cm³/mol. The van der Waals surface area contributed by atoms with Gasteiger partial charge < -0.3 is 10.5 Å². The molecule has 0 saturated carbocycles. The largest absolute Gasteiger partial charge is 0.393 e. The highest BCUT2D eigenvalue weighted by Crippen LogP contribution is 2.07. The molecule has 2 atom stereocenters. The predicted octanol–water partition coefficient (Wildman–Crippen LogP) is 2.55. The number of rotatable bonds is 5. The van der Waals surface area contributed by atoms with E-state index in [2.05, 4.69) is 0 Å². The SMILES string of the molecule is C/C(C=N)=C\C=C/CC(C)[C@H](C)O. The molecule has 0 heterocycles. The van der Waals surface area contributed by atoms with E-state index in [0.717, 1.165) is 12.0 Å². The molecule has 0 aromatic carbocycles. The number of hydrogen-bond acceptors (Lipinski definition) is 2. The Labute approximate surface area is 80.5 Å². The van der Waals surface area contributed by atoms with Gasteiger partial charge in [-0.15, -0.1) is 0 Å². The van der Waals surface area contributed by atoms with Crippen molar-refractivity contribution >= 4 is 6.21 Å². The number of allylic oxidation sites excluding steroid dienone is 4. The van der Waals surface area contributed by atoms with Crippen molar-refractivity contribution in [3.63, 3.8) is 0 Å². The van der Waals surface area contributed by atoms with E-state index in [9.17, 15) is 5.11 Å². The molecule has 2 N–H and O–H groups in total. The zero-order valence-electron chi connectivity index (χ0n) is 8.62. The van der Waals surface area contributed by atoms with Crippen LogP contribution in [0.25, 0.3) is 0 Å². The van der Waals surface area contributed by atoms with Gasteiger partial charge in [-0.25, -0.2) is 0 Å². The van der Waals surface area contributed by atoms with Crippen molar-refractivity contribution in [3.05, 3.63) is 23.8 Å². The maximum atomic E-state index is 9.19. The first-order valence-corrected chi connectivity index (χ1v) is 4.60. The number of aliphatic hydroxyl groups is 1. The number of nitrogens with one attached hydrogen (secondary N) is 1. The maximum Gasteiger partial charge on any atom is 0.0540 e. The molecule has 0 rings (SSSR count). The Kier molecular flexibility index (Phi) is 6.15. The summed E-state index contributed by atoms with van der Waals surface area (Å²) < 4.78 is 0. The van der Waals surface area contributed by atoms with Gasteiger partial charge in [0.1, 0.15) is 0 Å². The summed E-state index contributed by atoms with van der Waals surface area (Å²) in [6.07, 6.45) is 7.78. The summed E-state index contributed by atoms with van der Waals surface area (Å²) in [7, 11) is 0. The summed E-state index contributed by atoms with van der Waals surface area (Å²) >= 11 is 0. The summed E-state index contributed by atoms with van der Waals surface area (Å²) in [5.74, 6) is 0.296. The van der Waals surface area contributed by atoms with Gasteiger partial charge in [-0.05, 0) is 31.8 Å². The van der Waals surface area contributed by atoms with Crippen LogP contribution in [0.5, 0.6) is 0 Å². The Morgan fingerprint density at radius 1 is 1.46 bits per heavy atom. The Hall–Kier alpha value is -0.890. The van der Waals surface area contributed by atoms with Crippen molar-refractivity contribution in [1.29, 1.82) is 5.41 Å². The van der Waals surface area contributed by atoms with E-state index in [0.29, 0.717) is 5.92 Å². The summed E-state index contributed by atoms with van der Waals surface area (Å²) in [5, 5.41) is 16.1. The molecule has 0 amide bonds. The van der Waals surface area contributed by atoms with Crippen LogP contribution in [0.4, 0.5) is 0 Å². The normalized spacial score (nSPS) is 17.4. The first kappa shape index (κ1) is 12.1. The average Bonchev–Trinajstić information content (AvgIpc) is 2.11. The first-order chi connectivity index (χ1) is 6.07. The van der Waals surface area contributed by atoms with E-state index in [1.165, 1.54) is 6.21 Å². The van der Waals surface area contributed by atoms with Crippen molar-refractivity contribution in [2.75, 3.05) is 0 Å². The van der Waals surface area contributed by atoms with Crippen molar-refractivity contribution < 1.29 is 5.11 Å². The van der Waals surface area contributed by atoms with Gasteiger partial charge in [-0.3, -0.25) is 0 Å². The van der Waals surface area contributed by atoms with Gasteiger partial charge in [0.25, 0.3) is 0 Å². The molecule has 0 saturated heterocycles. The van der Waals surface area contributed by atoms with Crippen LogP contribution in [-0.4, -0.2) is 17.4 Å². The highest BCUT2D eigenvalue weighted by molar-refractivity contribution is 5.75. The standard InChI is InChI=1S/C11H19NO/c1-9(8-12)6-4-5-7-10(2)11(3)13/h4-6,8,10-13H,7H2,1-3H3/b5-4-,9-6+,12-8?/t10?,11-/m0/s1. The molecule has 0 aromatic rings. The molecule has 0 aliphatic heterocycles. The lowest BCUT2D eigenvalue weighted by atomic mass is 10.0. The Bertz CT molecular complexity index is 204. The summed E-state index contributed by atoms with van der Waals surface area (Å²) in [6, 6.07) is 0. The molecule has 13 heavy (non-hydrogen) atoms. The molecule has 2 nitrogen and oxygen atoms in total. The minimum absolute atomic E-state index is 0.252. The molecule has 0 aromatic heterocycles. The van der Waals surface area contributed by atoms with Crippen LogP contribution in [0.3, 0.4) is 0 Å². The molecular formula is C11H19NO. The molecular weight excluding hydrogens is 162 g/mol. The third-order valence-electron chi connectivity index (χ3n) is 2.05. The van der Waals surface area contributed by atoms with Crippen LogP contribution in [0.2, 0.25) is 0 Å². The van der Waals surface area contributed by atoms with Crippen molar-refractivity contribution in [3.8, 4) is 0 Å². The van der Waals surface area contributed by atoms with E-state index < -0.39 is 0 Å². The van der Waals surface area contributed by atoms with Gasteiger partial charge in [0.15, 0.2) is 0 Å². The topological polar surface area (TPSA) is 44.1 Å². The third-order valence-corrected chi connectivity index (χ3v) is 2.05. The summed E-state index contributed by atoms with van der Waals surface area (Å²) in [4.78, 5) is 0. The van der Waals surface area contributed by atoms with Gasteiger partial charge in [-0.2, -0.15) is 0 Å². The lowest BCUT2D eigenvalue weighted by Crippen LogP contribution is -2.11. The van der Waals surface area contributed by atoms with E-state index in [1.807, 2.05) is 32.1 Å². The Balaban J connectivity index is 3.82. The number of hydrogen-bond donors (Lipinski definition) is 2. The van der Waals surface area contributed by atoms with Crippen LogP contribution in [-0.2, 0) is 0 Å². The van der Waals surface area contributed by atoms with Crippen LogP contribution in [0, 0.1) is 11.3 Å². The first-order valence-electron chi connectivity index (χ1n) is 4.60. The van der Waals surface area contributed by atoms with E-state index in [4.69, 9.17) is 5.41 Å². The third kappa shape index (κ3) is 6.29. The molecule has 0 bridgehead atoms. The van der Waals surface area contributed by atoms with Crippen LogP contribution in [0.1, 0.15) is 27.2 Å². The fourth-order valence-corrected chi connectivity index (χ4v) is 0.758. The second-order valence-corrected chi connectivity index (χ2v) is 3.44. The summed E-state index contributed by atoms with van der Waals surface area (Å²) in [5.41, 5.74) is 0.931. The maximum absolute atomic E-state index is 9.19. The lowest BCUT2D eigenvalue weighted by molar-refractivity contribution is 0.136. The fourth-order valence-electron chi connectivity index (χ4n) is 0.758. The Morgan fingerprint density at radius 3 is 2.54 bits per heavy atom. The molecule has 0 fully saturated rings. The molecule has 0 radical (unpaired) electrons. The van der Waals surface area contributed by atoms with Gasteiger partial charge >= 0.3 is 0 Å². The van der Waals surface area contributed by atoms with E-state index >= 15 is 0 Å². The van der Waals surface area contributed by atoms with Crippen LogP contribution >= 0.6 is 0 Å². The minimum Gasteiger partial charge on any atom is -0.393 e. The second kappa shape index (κ2) is 6.61. The zero-order chi connectivity index (χ0) is 10.3. The van der Waals surface area contributed by atoms with Gasteiger partial charge in [0.05, 0.1) is 6.10 Å². The average molecular weight is 181 g/mol. The fraction of sp³-hybridized carbons (Fsp3) is 0.545.